The summed E-state index contributed by atoms with van der Waals surface area (Å²) in [5, 5.41) is 11.7. The van der Waals surface area contributed by atoms with Gasteiger partial charge in [-0.05, 0) is 32.0 Å². The van der Waals surface area contributed by atoms with Crippen molar-refractivity contribution in [3.63, 3.8) is 0 Å². The van der Waals surface area contributed by atoms with Gasteiger partial charge in [-0.1, -0.05) is 0 Å². The van der Waals surface area contributed by atoms with Gasteiger partial charge in [0.1, 0.15) is 11.9 Å². The summed E-state index contributed by atoms with van der Waals surface area (Å²) < 4.78 is 12.8. The molecule has 13 heavy (non-hydrogen) atoms. The van der Waals surface area contributed by atoms with Gasteiger partial charge in [0.25, 0.3) is 0 Å². The molecule has 0 saturated carbocycles. The van der Waals surface area contributed by atoms with Gasteiger partial charge in [0.15, 0.2) is 0 Å². The second-order valence-electron chi connectivity index (χ2n) is 3.10. The Morgan fingerprint density at radius 1 is 1.46 bits per heavy atom. The molecule has 1 rings (SSSR count). The molecule has 3 heteroatoms. The Bertz CT molecular complexity index is 339. The number of benzene rings is 1. The van der Waals surface area contributed by atoms with Crippen LogP contribution in [-0.4, -0.2) is 6.04 Å². The van der Waals surface area contributed by atoms with E-state index in [0.717, 1.165) is 0 Å². The van der Waals surface area contributed by atoms with E-state index >= 15 is 0 Å². The second-order valence-corrected chi connectivity index (χ2v) is 3.10. The van der Waals surface area contributed by atoms with E-state index in [-0.39, 0.29) is 11.9 Å². The lowest BCUT2D eigenvalue weighted by Gasteiger charge is -2.10. The lowest BCUT2D eigenvalue weighted by Crippen LogP contribution is -2.10. The Morgan fingerprint density at radius 3 is 2.69 bits per heavy atom. The number of nitrogens with zero attached hydrogens (tertiary/aromatic N) is 1. The zero-order valence-corrected chi connectivity index (χ0v) is 7.63. The van der Waals surface area contributed by atoms with Crippen LogP contribution >= 0.6 is 0 Å². The number of hydrogen-bond donors (Lipinski definition) is 1. The van der Waals surface area contributed by atoms with E-state index in [9.17, 15) is 4.39 Å². The number of halogens is 1. The summed E-state index contributed by atoms with van der Waals surface area (Å²) in [6, 6.07) is 6.27. The monoisotopic (exact) mass is 178 g/mol. The molecule has 0 unspecified atom stereocenters. The van der Waals surface area contributed by atoms with Crippen LogP contribution in [0.4, 0.5) is 10.1 Å². The van der Waals surface area contributed by atoms with Gasteiger partial charge in [-0.3, -0.25) is 0 Å². The summed E-state index contributed by atoms with van der Waals surface area (Å²) in [4.78, 5) is 0. The van der Waals surface area contributed by atoms with Crippen molar-refractivity contribution in [2.75, 3.05) is 5.32 Å². The number of nitriles is 1. The van der Waals surface area contributed by atoms with Gasteiger partial charge >= 0.3 is 0 Å². The quantitative estimate of drug-likeness (QED) is 0.755. The SMILES string of the molecule is CC(C)Nc1cc(F)ccc1C#N. The molecule has 0 bridgehead atoms. The third-order valence-corrected chi connectivity index (χ3v) is 1.55. The van der Waals surface area contributed by atoms with Crippen LogP contribution < -0.4 is 5.32 Å². The maximum Gasteiger partial charge on any atom is 0.125 e. The molecule has 0 heterocycles. The summed E-state index contributed by atoms with van der Waals surface area (Å²) in [5.41, 5.74) is 1.02. The molecule has 68 valence electrons. The van der Waals surface area contributed by atoms with Crippen LogP contribution in [0.5, 0.6) is 0 Å². The molecule has 1 aromatic carbocycles. The Morgan fingerprint density at radius 2 is 2.15 bits per heavy atom. The maximum absolute atomic E-state index is 12.8. The van der Waals surface area contributed by atoms with Crippen LogP contribution in [0.15, 0.2) is 18.2 Å². The predicted molar refractivity (Wildman–Crippen MR) is 49.9 cm³/mol. The smallest absolute Gasteiger partial charge is 0.125 e. The van der Waals surface area contributed by atoms with E-state index in [4.69, 9.17) is 5.26 Å². The van der Waals surface area contributed by atoms with Gasteiger partial charge in [-0.15, -0.1) is 0 Å². The Hall–Kier alpha value is -1.56. The van der Waals surface area contributed by atoms with Crippen molar-refractivity contribution in [2.24, 2.45) is 0 Å². The lowest BCUT2D eigenvalue weighted by atomic mass is 10.2. The summed E-state index contributed by atoms with van der Waals surface area (Å²) in [7, 11) is 0. The van der Waals surface area contributed by atoms with Crippen LogP contribution in [0.25, 0.3) is 0 Å². The van der Waals surface area contributed by atoms with Gasteiger partial charge in [0.2, 0.25) is 0 Å². The molecule has 0 saturated heterocycles. The van der Waals surface area contributed by atoms with Gasteiger partial charge in [0, 0.05) is 6.04 Å². The fourth-order valence-electron chi connectivity index (χ4n) is 1.04. The number of rotatable bonds is 2. The topological polar surface area (TPSA) is 35.8 Å². The van der Waals surface area contributed by atoms with Crippen LogP contribution in [-0.2, 0) is 0 Å². The van der Waals surface area contributed by atoms with Crippen LogP contribution in [0.2, 0.25) is 0 Å². The van der Waals surface area contributed by atoms with Crippen LogP contribution in [0.1, 0.15) is 19.4 Å². The molecular formula is C10H11FN2. The minimum absolute atomic E-state index is 0.189. The van der Waals surface area contributed by atoms with Crippen molar-refractivity contribution in [1.82, 2.24) is 0 Å². The molecule has 0 amide bonds. The first kappa shape index (κ1) is 9.53. The molecule has 0 atom stereocenters. The summed E-state index contributed by atoms with van der Waals surface area (Å²) >= 11 is 0. The zero-order valence-electron chi connectivity index (χ0n) is 7.63. The van der Waals surface area contributed by atoms with E-state index in [1.165, 1.54) is 18.2 Å². The highest BCUT2D eigenvalue weighted by Crippen LogP contribution is 2.16. The molecule has 0 aromatic heterocycles. The Kier molecular flexibility index (Phi) is 2.86. The number of anilines is 1. The molecule has 0 aliphatic heterocycles. The van der Waals surface area contributed by atoms with Gasteiger partial charge < -0.3 is 5.32 Å². The van der Waals surface area contributed by atoms with Crippen LogP contribution in [0, 0.1) is 17.1 Å². The van der Waals surface area contributed by atoms with E-state index in [1.807, 2.05) is 19.9 Å². The molecule has 0 fully saturated rings. The minimum atomic E-state index is -0.331. The standard InChI is InChI=1S/C10H11FN2/c1-7(2)13-10-5-9(11)4-3-8(10)6-12/h3-5,7,13H,1-2H3. The molecule has 0 spiro atoms. The highest BCUT2D eigenvalue weighted by atomic mass is 19.1. The molecule has 0 radical (unpaired) electrons. The molecule has 1 aromatic rings. The van der Waals surface area contributed by atoms with Crippen LogP contribution in [0.3, 0.4) is 0 Å². The van der Waals surface area contributed by atoms with Gasteiger partial charge in [-0.2, -0.15) is 5.26 Å². The normalized spacial score (nSPS) is 9.77. The van der Waals surface area contributed by atoms with Crippen molar-refractivity contribution >= 4 is 5.69 Å². The zero-order chi connectivity index (χ0) is 9.84. The average molecular weight is 178 g/mol. The first-order chi connectivity index (χ1) is 6.13. The van der Waals surface area contributed by atoms with E-state index < -0.39 is 0 Å². The highest BCUT2D eigenvalue weighted by Gasteiger charge is 2.03. The summed E-state index contributed by atoms with van der Waals surface area (Å²) in [6.45, 7) is 3.87. The number of hydrogen-bond acceptors (Lipinski definition) is 2. The summed E-state index contributed by atoms with van der Waals surface area (Å²) in [6.07, 6.45) is 0. The third kappa shape index (κ3) is 2.45. The first-order valence-corrected chi connectivity index (χ1v) is 4.09. The number of nitrogens with one attached hydrogen (secondary N) is 1. The van der Waals surface area contributed by atoms with E-state index in [1.54, 1.807) is 0 Å². The van der Waals surface area contributed by atoms with Gasteiger partial charge in [0.05, 0.1) is 11.3 Å². The Labute approximate surface area is 77.0 Å². The van der Waals surface area contributed by atoms with Gasteiger partial charge in [-0.25, -0.2) is 4.39 Å². The predicted octanol–water partition coefficient (Wildman–Crippen LogP) is 2.52. The van der Waals surface area contributed by atoms with Crippen molar-refractivity contribution in [1.29, 1.82) is 5.26 Å². The van der Waals surface area contributed by atoms with Crippen molar-refractivity contribution in [2.45, 2.75) is 19.9 Å². The first-order valence-electron chi connectivity index (χ1n) is 4.09. The van der Waals surface area contributed by atoms with E-state index in [2.05, 4.69) is 5.32 Å². The Balaban J connectivity index is 3.03. The fraction of sp³-hybridized carbons (Fsp3) is 0.300. The van der Waals surface area contributed by atoms with Crippen molar-refractivity contribution in [3.8, 4) is 6.07 Å². The molecule has 0 aliphatic carbocycles. The largest absolute Gasteiger partial charge is 0.382 e. The minimum Gasteiger partial charge on any atom is -0.382 e. The molecular weight excluding hydrogens is 167 g/mol. The third-order valence-electron chi connectivity index (χ3n) is 1.55. The lowest BCUT2D eigenvalue weighted by molar-refractivity contribution is 0.628. The molecule has 0 aliphatic rings. The van der Waals surface area contributed by atoms with Crippen molar-refractivity contribution < 1.29 is 4.39 Å². The fourth-order valence-corrected chi connectivity index (χ4v) is 1.04. The van der Waals surface area contributed by atoms with Crippen molar-refractivity contribution in [3.05, 3.63) is 29.6 Å². The maximum atomic E-state index is 12.8. The molecule has 2 nitrogen and oxygen atoms in total. The second kappa shape index (κ2) is 3.90. The average Bonchev–Trinajstić information content (AvgIpc) is 2.03. The highest BCUT2D eigenvalue weighted by molar-refractivity contribution is 5.57. The molecule has 1 N–H and O–H groups in total. The summed E-state index contributed by atoms with van der Waals surface area (Å²) in [5.74, 6) is -0.331. The van der Waals surface area contributed by atoms with E-state index in [0.29, 0.717) is 11.3 Å².